The minimum Gasteiger partial charge on any atom is -0.326 e. The van der Waals surface area contributed by atoms with Crippen molar-refractivity contribution in [2.24, 2.45) is 11.1 Å². The molecule has 0 bridgehead atoms. The van der Waals surface area contributed by atoms with E-state index in [1.54, 1.807) is 36.4 Å². The van der Waals surface area contributed by atoms with E-state index in [0.29, 0.717) is 22.7 Å². The maximum absolute atomic E-state index is 12.3. The predicted molar refractivity (Wildman–Crippen MR) is 110 cm³/mol. The first-order valence-electron chi connectivity index (χ1n) is 9.14. The van der Waals surface area contributed by atoms with Gasteiger partial charge in [-0.2, -0.15) is 0 Å². The summed E-state index contributed by atoms with van der Waals surface area (Å²) in [5.74, 6) is -0.150. The number of ketones is 1. The second-order valence-electron chi connectivity index (χ2n) is 7.27. The Bertz CT molecular complexity index is 935. The molecule has 28 heavy (non-hydrogen) atoms. The highest BCUT2D eigenvalue weighted by Crippen LogP contribution is 2.15. The fourth-order valence-electron chi connectivity index (χ4n) is 2.86. The van der Waals surface area contributed by atoms with E-state index in [-0.39, 0.29) is 30.3 Å². The summed E-state index contributed by atoms with van der Waals surface area (Å²) >= 11 is 0. The zero-order chi connectivity index (χ0) is 20.7. The van der Waals surface area contributed by atoms with Gasteiger partial charge in [0.2, 0.25) is 15.9 Å². The highest BCUT2D eigenvalue weighted by molar-refractivity contribution is 7.88. The fraction of sp³-hybridized carbons (Fsp3) is 0.333. The van der Waals surface area contributed by atoms with Gasteiger partial charge in [0.05, 0.1) is 5.75 Å². The second kappa shape index (κ2) is 9.61. The Kier molecular flexibility index (Phi) is 7.48. The summed E-state index contributed by atoms with van der Waals surface area (Å²) in [4.78, 5) is 24.4. The van der Waals surface area contributed by atoms with Crippen LogP contribution in [0, 0.1) is 5.92 Å². The van der Waals surface area contributed by atoms with Crippen LogP contribution in [0.1, 0.15) is 48.2 Å². The van der Waals surface area contributed by atoms with Crippen molar-refractivity contribution in [3.8, 4) is 0 Å². The van der Waals surface area contributed by atoms with Gasteiger partial charge in [-0.1, -0.05) is 50.2 Å². The minimum absolute atomic E-state index is 0.0476. The predicted octanol–water partition coefficient (Wildman–Crippen LogP) is 3.28. The average molecular weight is 403 g/mol. The smallest absolute Gasteiger partial charge is 0.224 e. The van der Waals surface area contributed by atoms with Gasteiger partial charge in [-0.05, 0) is 35.6 Å². The number of amides is 1. The first kappa shape index (κ1) is 21.8. The van der Waals surface area contributed by atoms with Gasteiger partial charge in [-0.3, -0.25) is 9.59 Å². The van der Waals surface area contributed by atoms with Crippen molar-refractivity contribution in [1.82, 2.24) is 0 Å². The van der Waals surface area contributed by atoms with E-state index in [2.05, 4.69) is 19.2 Å². The summed E-state index contributed by atoms with van der Waals surface area (Å²) in [6.07, 6.45) is 1.11. The minimum atomic E-state index is -3.64. The zero-order valence-electron chi connectivity index (χ0n) is 16.1. The van der Waals surface area contributed by atoms with Crippen LogP contribution in [-0.2, 0) is 27.0 Å². The molecule has 2 rings (SSSR count). The van der Waals surface area contributed by atoms with Crippen molar-refractivity contribution < 1.29 is 18.0 Å². The molecule has 2 aromatic carbocycles. The van der Waals surface area contributed by atoms with Crippen LogP contribution in [-0.4, -0.2) is 20.1 Å². The topological polar surface area (TPSA) is 106 Å². The summed E-state index contributed by atoms with van der Waals surface area (Å²) in [5, 5.41) is 7.71. The lowest BCUT2D eigenvalue weighted by atomic mass is 9.99. The fourth-order valence-corrected chi connectivity index (χ4v) is 3.51. The first-order valence-corrected chi connectivity index (χ1v) is 10.9. The third-order valence-electron chi connectivity index (χ3n) is 4.08. The lowest BCUT2D eigenvalue weighted by Gasteiger charge is -2.08. The number of hydrogen-bond acceptors (Lipinski definition) is 4. The van der Waals surface area contributed by atoms with Gasteiger partial charge < -0.3 is 5.32 Å². The van der Waals surface area contributed by atoms with Gasteiger partial charge in [-0.15, -0.1) is 0 Å². The van der Waals surface area contributed by atoms with Crippen LogP contribution in [0.4, 0.5) is 5.69 Å². The number of rotatable bonds is 9. The standard InChI is InChI=1S/C21H26N2O4S/c1-15(2)12-16-6-8-18(9-7-16)20(24)10-11-21(25)23-19-5-3-4-17(13-19)14-28(22,26)27/h3-9,13,15H,10-12,14H2,1-2H3,(H,23,25)(H2,22,26,27). The van der Waals surface area contributed by atoms with Crippen molar-refractivity contribution >= 4 is 27.4 Å². The van der Waals surface area contributed by atoms with Crippen LogP contribution in [0.15, 0.2) is 48.5 Å². The molecule has 0 unspecified atom stereocenters. The molecule has 0 aliphatic rings. The Morgan fingerprint density at radius 1 is 1.00 bits per heavy atom. The number of benzene rings is 2. The summed E-state index contributed by atoms with van der Waals surface area (Å²) < 4.78 is 22.3. The molecule has 0 atom stereocenters. The normalized spacial score (nSPS) is 11.4. The maximum Gasteiger partial charge on any atom is 0.224 e. The molecule has 0 aromatic heterocycles. The Morgan fingerprint density at radius 3 is 2.29 bits per heavy atom. The number of Topliss-reactive ketones (excluding diaryl/α,β-unsaturated/α-hetero) is 1. The quantitative estimate of drug-likeness (QED) is 0.628. The summed E-state index contributed by atoms with van der Waals surface area (Å²) in [7, 11) is -3.64. The van der Waals surface area contributed by atoms with Gasteiger partial charge in [-0.25, -0.2) is 13.6 Å². The Hall–Kier alpha value is -2.51. The summed E-state index contributed by atoms with van der Waals surface area (Å²) in [6, 6.07) is 14.0. The number of hydrogen-bond donors (Lipinski definition) is 2. The lowest BCUT2D eigenvalue weighted by Crippen LogP contribution is -2.16. The van der Waals surface area contributed by atoms with E-state index in [9.17, 15) is 18.0 Å². The first-order chi connectivity index (χ1) is 13.1. The highest BCUT2D eigenvalue weighted by Gasteiger charge is 2.11. The van der Waals surface area contributed by atoms with E-state index in [0.717, 1.165) is 6.42 Å². The maximum atomic E-state index is 12.3. The number of sulfonamides is 1. The summed E-state index contributed by atoms with van der Waals surface area (Å²) in [6.45, 7) is 4.28. The molecule has 3 N–H and O–H groups in total. The third kappa shape index (κ3) is 7.62. The average Bonchev–Trinajstić information content (AvgIpc) is 2.58. The van der Waals surface area contributed by atoms with Gasteiger partial charge in [0.15, 0.2) is 5.78 Å². The third-order valence-corrected chi connectivity index (χ3v) is 4.81. The van der Waals surface area contributed by atoms with Gasteiger partial charge >= 0.3 is 0 Å². The molecular weight excluding hydrogens is 376 g/mol. The number of anilines is 1. The molecule has 2 aromatic rings. The zero-order valence-corrected chi connectivity index (χ0v) is 17.0. The van der Waals surface area contributed by atoms with Gasteiger partial charge in [0.1, 0.15) is 0 Å². The van der Waals surface area contributed by atoms with Gasteiger partial charge in [0, 0.05) is 24.1 Å². The van der Waals surface area contributed by atoms with E-state index in [1.807, 2.05) is 12.1 Å². The SMILES string of the molecule is CC(C)Cc1ccc(C(=O)CCC(=O)Nc2cccc(CS(N)(=O)=O)c2)cc1. The number of carbonyl (C=O) groups excluding carboxylic acids is 2. The van der Waals surface area contributed by atoms with E-state index < -0.39 is 10.0 Å². The number of primary sulfonamides is 1. The van der Waals surface area contributed by atoms with Crippen molar-refractivity contribution in [1.29, 1.82) is 0 Å². The van der Waals surface area contributed by atoms with Crippen LogP contribution < -0.4 is 10.5 Å². The van der Waals surface area contributed by atoms with Gasteiger partial charge in [0.25, 0.3) is 0 Å². The summed E-state index contributed by atoms with van der Waals surface area (Å²) in [5.41, 5.74) is 2.73. The number of nitrogens with one attached hydrogen (secondary N) is 1. The molecule has 1 amide bonds. The molecule has 7 heteroatoms. The molecule has 0 heterocycles. The van der Waals surface area contributed by atoms with Crippen LogP contribution in [0.3, 0.4) is 0 Å². The molecule has 0 aliphatic heterocycles. The van der Waals surface area contributed by atoms with E-state index in [4.69, 9.17) is 5.14 Å². The van der Waals surface area contributed by atoms with Crippen LogP contribution in [0.25, 0.3) is 0 Å². The molecular formula is C21H26N2O4S. The molecule has 0 fully saturated rings. The Labute approximate surface area is 166 Å². The lowest BCUT2D eigenvalue weighted by molar-refractivity contribution is -0.116. The van der Waals surface area contributed by atoms with Crippen LogP contribution in [0.2, 0.25) is 0 Å². The highest BCUT2D eigenvalue weighted by atomic mass is 32.2. The molecule has 6 nitrogen and oxygen atoms in total. The van der Waals surface area contributed by atoms with E-state index in [1.165, 1.54) is 5.56 Å². The van der Waals surface area contributed by atoms with Crippen LogP contribution >= 0.6 is 0 Å². The number of nitrogens with two attached hydrogens (primary N) is 1. The molecule has 0 spiro atoms. The largest absolute Gasteiger partial charge is 0.326 e. The monoisotopic (exact) mass is 402 g/mol. The van der Waals surface area contributed by atoms with Crippen molar-refractivity contribution in [3.63, 3.8) is 0 Å². The van der Waals surface area contributed by atoms with E-state index >= 15 is 0 Å². The Balaban J connectivity index is 1.88. The molecule has 0 aliphatic carbocycles. The van der Waals surface area contributed by atoms with Crippen molar-refractivity contribution in [2.45, 2.75) is 38.9 Å². The van der Waals surface area contributed by atoms with Crippen molar-refractivity contribution in [2.75, 3.05) is 5.32 Å². The van der Waals surface area contributed by atoms with Crippen molar-refractivity contribution in [3.05, 3.63) is 65.2 Å². The second-order valence-corrected chi connectivity index (χ2v) is 8.89. The van der Waals surface area contributed by atoms with Crippen LogP contribution in [0.5, 0.6) is 0 Å². The molecule has 0 saturated carbocycles. The molecule has 150 valence electrons. The molecule has 0 radical (unpaired) electrons. The Morgan fingerprint density at radius 2 is 1.68 bits per heavy atom. The molecule has 0 saturated heterocycles. The number of carbonyl (C=O) groups is 2.